The zero-order valence-corrected chi connectivity index (χ0v) is 11.3. The molecule has 3 nitrogen and oxygen atoms in total. The first kappa shape index (κ1) is 11.7. The maximum Gasteiger partial charge on any atom is 0.238 e. The number of imide groups is 1. The van der Waals surface area contributed by atoms with Gasteiger partial charge < -0.3 is 0 Å². The van der Waals surface area contributed by atoms with Crippen molar-refractivity contribution in [2.75, 3.05) is 4.90 Å². The van der Waals surface area contributed by atoms with E-state index < -0.39 is 5.82 Å². The number of hydrogen-bond donors (Lipinski definition) is 0. The van der Waals surface area contributed by atoms with Crippen LogP contribution in [0.2, 0.25) is 0 Å². The van der Waals surface area contributed by atoms with Crippen molar-refractivity contribution >= 4 is 17.5 Å². The van der Waals surface area contributed by atoms with Gasteiger partial charge >= 0.3 is 0 Å². The third-order valence-corrected chi connectivity index (χ3v) is 5.95. The molecule has 5 rings (SSSR count). The highest BCUT2D eigenvalue weighted by molar-refractivity contribution is 6.23. The molecule has 1 aliphatic heterocycles. The number of hydrogen-bond acceptors (Lipinski definition) is 2. The van der Waals surface area contributed by atoms with E-state index in [9.17, 15) is 14.0 Å². The van der Waals surface area contributed by atoms with Crippen LogP contribution in [0, 0.1) is 34.9 Å². The summed E-state index contributed by atoms with van der Waals surface area (Å²) in [4.78, 5) is 26.6. The maximum atomic E-state index is 14.0. The van der Waals surface area contributed by atoms with Crippen LogP contribution < -0.4 is 4.90 Å². The molecule has 2 amide bonds. The molecule has 4 atom stereocenters. The Morgan fingerprint density at radius 1 is 1.00 bits per heavy atom. The summed E-state index contributed by atoms with van der Waals surface area (Å²) in [7, 11) is 0. The van der Waals surface area contributed by atoms with Gasteiger partial charge in [-0.1, -0.05) is 24.3 Å². The molecule has 0 unspecified atom stereocenters. The van der Waals surface area contributed by atoms with Gasteiger partial charge in [-0.2, -0.15) is 0 Å². The number of carbonyl (C=O) groups is 2. The molecule has 21 heavy (non-hydrogen) atoms. The van der Waals surface area contributed by atoms with Crippen LogP contribution >= 0.6 is 0 Å². The van der Waals surface area contributed by atoms with Crippen molar-refractivity contribution in [3.63, 3.8) is 0 Å². The summed E-state index contributed by atoms with van der Waals surface area (Å²) in [5.41, 5.74) is 0.285. The standard InChI is InChI=1S/C17H14FNO2/c18-11-3-1-2-4-12(11)19-15(20)13-9-5-6-10(14(13)16(19)21)17(9)7-8-17/h1-6,9-10,13-14H,7-8H2/t9-,10-,13-,14+/m0/s1. The Labute approximate surface area is 121 Å². The van der Waals surface area contributed by atoms with Crippen LogP contribution in [-0.4, -0.2) is 11.8 Å². The highest BCUT2D eigenvalue weighted by atomic mass is 19.1. The summed E-state index contributed by atoms with van der Waals surface area (Å²) in [5, 5.41) is 0. The van der Waals surface area contributed by atoms with Crippen LogP contribution in [0.25, 0.3) is 0 Å². The van der Waals surface area contributed by atoms with E-state index in [4.69, 9.17) is 0 Å². The van der Waals surface area contributed by atoms with Gasteiger partial charge in [-0.05, 0) is 42.2 Å². The fourth-order valence-corrected chi connectivity index (χ4v) is 4.95. The first-order chi connectivity index (χ1) is 10.1. The predicted octanol–water partition coefficient (Wildman–Crippen LogP) is 2.53. The van der Waals surface area contributed by atoms with Crippen molar-refractivity contribution in [2.45, 2.75) is 12.8 Å². The molecule has 3 aliphatic carbocycles. The summed E-state index contributed by atoms with van der Waals surface area (Å²) < 4.78 is 14.0. The topological polar surface area (TPSA) is 37.4 Å². The van der Waals surface area contributed by atoms with Crippen molar-refractivity contribution in [3.05, 3.63) is 42.2 Å². The molecular formula is C17H14FNO2. The van der Waals surface area contributed by atoms with E-state index in [0.717, 1.165) is 17.7 Å². The van der Waals surface area contributed by atoms with E-state index in [-0.39, 0.29) is 46.6 Å². The van der Waals surface area contributed by atoms with Crippen LogP contribution in [-0.2, 0) is 9.59 Å². The predicted molar refractivity (Wildman–Crippen MR) is 73.7 cm³/mol. The van der Waals surface area contributed by atoms with Gasteiger partial charge in [0.15, 0.2) is 0 Å². The van der Waals surface area contributed by atoms with E-state index in [1.165, 1.54) is 12.1 Å². The minimum atomic E-state index is -0.513. The molecule has 106 valence electrons. The van der Waals surface area contributed by atoms with E-state index >= 15 is 0 Å². The van der Waals surface area contributed by atoms with Gasteiger partial charge in [0.05, 0.1) is 17.5 Å². The van der Waals surface area contributed by atoms with Crippen molar-refractivity contribution in [1.82, 2.24) is 0 Å². The number of amides is 2. The molecule has 0 aromatic heterocycles. The lowest BCUT2D eigenvalue weighted by Gasteiger charge is -2.21. The molecule has 2 bridgehead atoms. The third kappa shape index (κ3) is 1.17. The van der Waals surface area contributed by atoms with E-state index in [0.29, 0.717) is 0 Å². The van der Waals surface area contributed by atoms with Crippen LogP contribution in [0.15, 0.2) is 36.4 Å². The smallest absolute Gasteiger partial charge is 0.238 e. The maximum absolute atomic E-state index is 14.0. The number of nitrogens with zero attached hydrogens (tertiary/aromatic N) is 1. The highest BCUT2D eigenvalue weighted by Crippen LogP contribution is 2.73. The van der Waals surface area contributed by atoms with Gasteiger partial charge in [-0.3, -0.25) is 9.59 Å². The van der Waals surface area contributed by atoms with Crippen LogP contribution in [0.3, 0.4) is 0 Å². The summed E-state index contributed by atoms with van der Waals surface area (Å²) in [6.45, 7) is 0. The summed E-state index contributed by atoms with van der Waals surface area (Å²) >= 11 is 0. The minimum Gasteiger partial charge on any atom is -0.274 e. The van der Waals surface area contributed by atoms with Gasteiger partial charge in [0, 0.05) is 0 Å². The van der Waals surface area contributed by atoms with Gasteiger partial charge in [0.25, 0.3) is 0 Å². The second-order valence-corrected chi connectivity index (χ2v) is 6.68. The lowest BCUT2D eigenvalue weighted by atomic mass is 9.85. The average Bonchev–Trinajstić information content (AvgIpc) is 3.07. The second-order valence-electron chi connectivity index (χ2n) is 6.68. The van der Waals surface area contributed by atoms with Gasteiger partial charge in [0.2, 0.25) is 11.8 Å². The zero-order valence-electron chi connectivity index (χ0n) is 11.3. The molecule has 1 heterocycles. The van der Waals surface area contributed by atoms with Crippen LogP contribution in [0.1, 0.15) is 12.8 Å². The number of fused-ring (bicyclic) bond motifs is 3. The van der Waals surface area contributed by atoms with Crippen molar-refractivity contribution < 1.29 is 14.0 Å². The second kappa shape index (κ2) is 3.43. The molecule has 1 spiro atoms. The Bertz CT molecular complexity index is 687. The third-order valence-electron chi connectivity index (χ3n) is 5.95. The Kier molecular flexibility index (Phi) is 1.91. The molecule has 0 N–H and O–H groups in total. The summed E-state index contributed by atoms with van der Waals surface area (Å²) in [5.74, 6) is -1.11. The fourth-order valence-electron chi connectivity index (χ4n) is 4.95. The van der Waals surface area contributed by atoms with Crippen molar-refractivity contribution in [2.24, 2.45) is 29.1 Å². The summed E-state index contributed by atoms with van der Waals surface area (Å²) in [6, 6.07) is 6.02. The minimum absolute atomic E-state index is 0.103. The largest absolute Gasteiger partial charge is 0.274 e. The monoisotopic (exact) mass is 283 g/mol. The number of benzene rings is 1. The van der Waals surface area contributed by atoms with E-state index in [1.807, 2.05) is 0 Å². The first-order valence-corrected chi connectivity index (χ1v) is 7.46. The molecule has 1 aromatic rings. The molecule has 4 heteroatoms. The normalized spacial score (nSPS) is 37.7. The Morgan fingerprint density at radius 3 is 2.10 bits per heavy atom. The first-order valence-electron chi connectivity index (χ1n) is 7.46. The number of allylic oxidation sites excluding steroid dienone is 2. The van der Waals surface area contributed by atoms with E-state index in [2.05, 4.69) is 12.2 Å². The van der Waals surface area contributed by atoms with E-state index in [1.54, 1.807) is 12.1 Å². The molecule has 1 saturated heterocycles. The summed E-state index contributed by atoms with van der Waals surface area (Å²) in [6.07, 6.45) is 6.47. The Hall–Kier alpha value is -1.97. The van der Waals surface area contributed by atoms with Crippen molar-refractivity contribution in [3.8, 4) is 0 Å². The van der Waals surface area contributed by atoms with Crippen LogP contribution in [0.5, 0.6) is 0 Å². The lowest BCUT2D eigenvalue weighted by Crippen LogP contribution is -2.35. The van der Waals surface area contributed by atoms with Gasteiger partial charge in [-0.25, -0.2) is 9.29 Å². The quantitative estimate of drug-likeness (QED) is 0.586. The lowest BCUT2D eigenvalue weighted by molar-refractivity contribution is -0.123. The zero-order chi connectivity index (χ0) is 14.4. The number of anilines is 1. The number of carbonyl (C=O) groups excluding carboxylic acids is 2. The fraction of sp³-hybridized carbons (Fsp3) is 0.412. The number of rotatable bonds is 1. The number of para-hydroxylation sites is 1. The van der Waals surface area contributed by atoms with Crippen molar-refractivity contribution in [1.29, 1.82) is 0 Å². The SMILES string of the molecule is O=C1[C@@H]2[C@H](C(=O)N1c1ccccc1F)[C@@H]1C=C[C@@H]2C12CC2. The van der Waals surface area contributed by atoms with Gasteiger partial charge in [0.1, 0.15) is 5.82 Å². The molecule has 2 saturated carbocycles. The number of halogens is 1. The molecule has 0 radical (unpaired) electrons. The molecule has 3 fully saturated rings. The highest BCUT2D eigenvalue weighted by Gasteiger charge is 2.73. The average molecular weight is 283 g/mol. The molecule has 4 aliphatic rings. The molecular weight excluding hydrogens is 269 g/mol. The van der Waals surface area contributed by atoms with Gasteiger partial charge in [-0.15, -0.1) is 0 Å². The Balaban J connectivity index is 1.61. The van der Waals surface area contributed by atoms with Crippen LogP contribution in [0.4, 0.5) is 10.1 Å². The molecule has 1 aromatic carbocycles. The Morgan fingerprint density at radius 2 is 1.57 bits per heavy atom.